The van der Waals surface area contributed by atoms with Gasteiger partial charge in [0.05, 0.1) is 5.55 Å². The largest absolute Gasteiger partial charge is 0.253 e. The fraction of sp³-hybridized carbons (Fsp3) is 0.429. The molecule has 0 radical (unpaired) electrons. The van der Waals surface area contributed by atoms with Crippen LogP contribution in [0.25, 0.3) is 0 Å². The number of allylic oxidation sites excluding steroid dienone is 1. The van der Waals surface area contributed by atoms with Gasteiger partial charge in [-0.15, -0.1) is 4.47 Å². The third kappa shape index (κ3) is 2.76. The van der Waals surface area contributed by atoms with Crippen LogP contribution >= 0.6 is 0 Å². The Balaban J connectivity index is 2.72. The lowest BCUT2D eigenvalue weighted by Gasteiger charge is -1.84. The van der Waals surface area contributed by atoms with Crippen molar-refractivity contribution in [2.24, 2.45) is 14.6 Å². The molecule has 0 saturated carbocycles. The lowest BCUT2D eigenvalue weighted by Crippen LogP contribution is -1.81. The maximum absolute atomic E-state index is 4.08. The molecule has 0 aromatic carbocycles. The molecule has 1 heterocycles. The van der Waals surface area contributed by atoms with Gasteiger partial charge >= 0.3 is 0 Å². The van der Waals surface area contributed by atoms with E-state index in [9.17, 15) is 0 Å². The number of hydrogen-bond donors (Lipinski definition) is 0. The van der Waals surface area contributed by atoms with E-state index in [4.69, 9.17) is 0 Å². The second-order valence-electron chi connectivity index (χ2n) is 2.47. The van der Waals surface area contributed by atoms with Crippen LogP contribution < -0.4 is 0 Å². The Hall–Kier alpha value is -0.770. The van der Waals surface area contributed by atoms with Gasteiger partial charge in [0, 0.05) is 16.8 Å². The highest BCUT2D eigenvalue weighted by molar-refractivity contribution is 8.03. The molecule has 60 valence electrons. The quantitative estimate of drug-likeness (QED) is 0.426. The van der Waals surface area contributed by atoms with Crippen LogP contribution in [0.1, 0.15) is 20.8 Å². The Labute approximate surface area is 69.0 Å². The van der Waals surface area contributed by atoms with Crippen LogP contribution in [0.3, 0.4) is 0 Å². The highest BCUT2D eigenvalue weighted by Crippen LogP contribution is 2.06. The Kier molecular flexibility index (Phi) is 2.70. The molecular weight excluding hydrogens is 158 g/mol. The summed E-state index contributed by atoms with van der Waals surface area (Å²) in [5, 5.41) is 5.97. The zero-order valence-electron chi connectivity index (χ0n) is 6.90. The van der Waals surface area contributed by atoms with E-state index in [1.807, 2.05) is 31.7 Å². The number of hydrogen-bond acceptors (Lipinski definition) is 2. The van der Waals surface area contributed by atoms with E-state index in [0.717, 1.165) is 11.4 Å². The predicted molar refractivity (Wildman–Crippen MR) is 50.8 cm³/mol. The summed E-state index contributed by atoms with van der Waals surface area (Å²) < 4.78 is 4.06. The van der Waals surface area contributed by atoms with E-state index < -0.39 is 0 Å². The number of aliphatic imine (C=N–C) groups is 1. The summed E-state index contributed by atoms with van der Waals surface area (Å²) >= 11 is 0. The van der Waals surface area contributed by atoms with Crippen molar-refractivity contribution in [2.75, 3.05) is 0 Å². The summed E-state index contributed by atoms with van der Waals surface area (Å²) in [5.74, 6) is 0. The van der Waals surface area contributed by atoms with Crippen molar-refractivity contribution < 1.29 is 0 Å². The molecule has 11 heavy (non-hydrogen) atoms. The minimum absolute atomic E-state index is 0.194. The highest BCUT2D eigenvalue weighted by Gasteiger charge is 1.96. The molecule has 3 nitrogen and oxygen atoms in total. The summed E-state index contributed by atoms with van der Waals surface area (Å²) in [6.45, 7) is 5.81. The van der Waals surface area contributed by atoms with Crippen LogP contribution in [0.15, 0.2) is 25.7 Å². The predicted octanol–water partition coefficient (Wildman–Crippen LogP) is 2.09. The fourth-order valence-electron chi connectivity index (χ4n) is 0.546. The van der Waals surface area contributed by atoms with Crippen LogP contribution in [0.2, 0.25) is 0 Å². The monoisotopic (exact) mass is 169 g/mol. The number of rotatable bonds is 1. The third-order valence-electron chi connectivity index (χ3n) is 0.991. The zero-order valence-corrected chi connectivity index (χ0v) is 7.72. The Bertz CT molecular complexity index is 269. The van der Waals surface area contributed by atoms with Gasteiger partial charge in [0.25, 0.3) is 0 Å². The standard InChI is InChI=1S/C7H11N3S/c1-6(2)9-10-11-4-7(3)8-5-11/h4-5H,1-3H3. The Morgan fingerprint density at radius 3 is 2.73 bits per heavy atom. The van der Waals surface area contributed by atoms with Crippen molar-refractivity contribution in [2.45, 2.75) is 20.8 Å². The molecule has 1 atom stereocenters. The molecule has 0 bridgehead atoms. The maximum atomic E-state index is 4.08. The van der Waals surface area contributed by atoms with Crippen LogP contribution in [0.4, 0.5) is 0 Å². The van der Waals surface area contributed by atoms with Gasteiger partial charge in [0.15, 0.2) is 0 Å². The van der Waals surface area contributed by atoms with Gasteiger partial charge < -0.3 is 0 Å². The summed E-state index contributed by atoms with van der Waals surface area (Å²) in [6.07, 6.45) is 0. The lowest BCUT2D eigenvalue weighted by atomic mass is 10.5. The normalized spacial score (nSPS) is 22.1. The van der Waals surface area contributed by atoms with Crippen LogP contribution in [-0.2, 0) is 10.7 Å². The summed E-state index contributed by atoms with van der Waals surface area (Å²) in [6, 6.07) is 0. The lowest BCUT2D eigenvalue weighted by molar-refractivity contribution is 1.26. The topological polar surface area (TPSA) is 37.1 Å². The average molecular weight is 169 g/mol. The van der Waals surface area contributed by atoms with E-state index in [1.54, 1.807) is 0 Å². The van der Waals surface area contributed by atoms with Crippen molar-refractivity contribution in [1.82, 2.24) is 0 Å². The molecule has 1 aliphatic heterocycles. The van der Waals surface area contributed by atoms with Gasteiger partial charge in [0.2, 0.25) is 0 Å². The third-order valence-corrected chi connectivity index (χ3v) is 2.16. The van der Waals surface area contributed by atoms with Crippen molar-refractivity contribution in [3.8, 4) is 0 Å². The van der Waals surface area contributed by atoms with E-state index in [-0.39, 0.29) is 10.7 Å². The van der Waals surface area contributed by atoms with E-state index in [1.165, 1.54) is 0 Å². The van der Waals surface area contributed by atoms with E-state index >= 15 is 0 Å². The van der Waals surface area contributed by atoms with Crippen LogP contribution in [0.5, 0.6) is 0 Å². The summed E-state index contributed by atoms with van der Waals surface area (Å²) in [5.41, 5.74) is 3.83. The summed E-state index contributed by atoms with van der Waals surface area (Å²) in [7, 11) is -0.194. The van der Waals surface area contributed by atoms with Gasteiger partial charge in [-0.05, 0) is 31.5 Å². The van der Waals surface area contributed by atoms with Crippen molar-refractivity contribution >= 4 is 21.9 Å². The van der Waals surface area contributed by atoms with Crippen LogP contribution in [-0.4, -0.2) is 11.3 Å². The second kappa shape index (κ2) is 3.57. The smallest absolute Gasteiger partial charge is 0.0772 e. The molecule has 0 saturated heterocycles. The molecule has 0 amide bonds. The van der Waals surface area contributed by atoms with Crippen molar-refractivity contribution in [3.63, 3.8) is 0 Å². The van der Waals surface area contributed by atoms with Crippen LogP contribution in [0, 0.1) is 0 Å². The average Bonchev–Trinajstić information content (AvgIpc) is 2.31. The van der Waals surface area contributed by atoms with Gasteiger partial charge in [-0.1, -0.05) is 0 Å². The highest BCUT2D eigenvalue weighted by atomic mass is 32.2. The SMILES string of the molecule is CC1=CS(=NN=C(C)C)C=N1. The second-order valence-corrected chi connectivity index (χ2v) is 3.77. The molecule has 0 aromatic heterocycles. The minimum atomic E-state index is -0.194. The van der Waals surface area contributed by atoms with Crippen molar-refractivity contribution in [1.29, 1.82) is 0 Å². The minimum Gasteiger partial charge on any atom is -0.253 e. The van der Waals surface area contributed by atoms with Gasteiger partial charge in [-0.3, -0.25) is 4.99 Å². The van der Waals surface area contributed by atoms with Gasteiger partial charge in [0.1, 0.15) is 0 Å². The first-order valence-corrected chi connectivity index (χ1v) is 4.66. The summed E-state index contributed by atoms with van der Waals surface area (Å²) in [4.78, 5) is 4.08. The molecule has 0 aliphatic carbocycles. The maximum Gasteiger partial charge on any atom is 0.0772 e. The molecule has 1 unspecified atom stereocenters. The first-order valence-electron chi connectivity index (χ1n) is 3.35. The molecule has 0 aromatic rings. The van der Waals surface area contributed by atoms with Gasteiger partial charge in [-0.25, -0.2) is 0 Å². The molecule has 1 aliphatic rings. The molecule has 0 fully saturated rings. The zero-order chi connectivity index (χ0) is 8.27. The Morgan fingerprint density at radius 1 is 1.55 bits per heavy atom. The Morgan fingerprint density at radius 2 is 2.27 bits per heavy atom. The van der Waals surface area contributed by atoms with E-state index in [0.29, 0.717) is 0 Å². The fourth-order valence-corrected chi connectivity index (χ4v) is 1.64. The van der Waals surface area contributed by atoms with Crippen molar-refractivity contribution in [3.05, 3.63) is 11.1 Å². The molecule has 4 heteroatoms. The first-order chi connectivity index (χ1) is 5.18. The molecule has 0 spiro atoms. The number of nitrogens with zero attached hydrogens (tertiary/aromatic N) is 3. The molecular formula is C7H11N3S. The molecule has 0 N–H and O–H groups in total. The van der Waals surface area contributed by atoms with Gasteiger partial charge in [-0.2, -0.15) is 5.10 Å². The first kappa shape index (κ1) is 8.33. The van der Waals surface area contributed by atoms with E-state index in [2.05, 4.69) is 14.6 Å². The molecule has 1 rings (SSSR count).